The zero-order valence-electron chi connectivity index (χ0n) is 19.3. The van der Waals surface area contributed by atoms with Crippen molar-refractivity contribution in [1.29, 1.82) is 0 Å². The highest BCUT2D eigenvalue weighted by molar-refractivity contribution is 5.91. The van der Waals surface area contributed by atoms with Crippen molar-refractivity contribution in [3.8, 4) is 17.2 Å². The summed E-state index contributed by atoms with van der Waals surface area (Å²) >= 11 is 0. The van der Waals surface area contributed by atoms with Crippen LogP contribution in [0.15, 0.2) is 18.2 Å². The SMILES string of the molecule is CCN(C)NC(=O)O[C@@H]1CC[C@H](c2cc(NC(=O)COc3cc(OC)cc(O)c3C=O)n[nH]2)C1. The topological polar surface area (TPSA) is 155 Å². The molecule has 1 saturated carbocycles. The molecule has 4 N–H and O–H groups in total. The van der Waals surface area contributed by atoms with E-state index in [0.717, 1.165) is 18.5 Å². The Kier molecular flexibility index (Phi) is 8.30. The number of carbonyl (C=O) groups is 3. The summed E-state index contributed by atoms with van der Waals surface area (Å²) < 4.78 is 15.9. The van der Waals surface area contributed by atoms with Gasteiger partial charge in [0.1, 0.15) is 23.4 Å². The number of hydrogen-bond acceptors (Lipinski definition) is 9. The van der Waals surface area contributed by atoms with Gasteiger partial charge in [-0.1, -0.05) is 6.92 Å². The van der Waals surface area contributed by atoms with Gasteiger partial charge in [0, 0.05) is 43.4 Å². The van der Waals surface area contributed by atoms with Gasteiger partial charge < -0.3 is 24.6 Å². The molecular weight excluding hydrogens is 446 g/mol. The van der Waals surface area contributed by atoms with E-state index in [4.69, 9.17) is 14.2 Å². The fourth-order valence-electron chi connectivity index (χ4n) is 3.62. The van der Waals surface area contributed by atoms with Crippen LogP contribution in [-0.2, 0) is 9.53 Å². The van der Waals surface area contributed by atoms with Crippen molar-refractivity contribution < 1.29 is 33.7 Å². The number of aromatic amines is 1. The molecule has 1 aliphatic carbocycles. The fourth-order valence-corrected chi connectivity index (χ4v) is 3.62. The van der Waals surface area contributed by atoms with Crippen molar-refractivity contribution in [2.45, 2.75) is 38.2 Å². The van der Waals surface area contributed by atoms with Crippen molar-refractivity contribution in [3.05, 3.63) is 29.5 Å². The minimum atomic E-state index is -0.499. The van der Waals surface area contributed by atoms with E-state index in [0.29, 0.717) is 25.1 Å². The standard InChI is InChI=1S/C22H29N5O7/c1-4-27(2)26-22(31)34-14-6-5-13(7-14)17-10-20(25-24-17)23-21(30)12-33-19-9-15(32-3)8-18(29)16(19)11-28/h8-11,13-14,29H,4-7,12H2,1-3H3,(H,26,31)(H2,23,24,25,30)/t13-,14+/m0/s1. The summed E-state index contributed by atoms with van der Waals surface area (Å²) in [6.45, 7) is 2.17. The molecule has 34 heavy (non-hydrogen) atoms. The predicted molar refractivity (Wildman–Crippen MR) is 121 cm³/mol. The molecule has 1 aliphatic rings. The van der Waals surface area contributed by atoms with Gasteiger partial charge in [0.15, 0.2) is 18.7 Å². The number of phenols is 1. The van der Waals surface area contributed by atoms with Crippen LogP contribution in [-0.4, -0.2) is 72.0 Å². The van der Waals surface area contributed by atoms with Crippen LogP contribution >= 0.6 is 0 Å². The number of nitrogens with one attached hydrogen (secondary N) is 3. The first-order valence-corrected chi connectivity index (χ1v) is 10.8. The number of ether oxygens (including phenoxy) is 3. The van der Waals surface area contributed by atoms with Crippen LogP contribution in [0.2, 0.25) is 0 Å². The quantitative estimate of drug-likeness (QED) is 0.299. The third kappa shape index (κ3) is 6.38. The number of aromatic nitrogens is 2. The van der Waals surface area contributed by atoms with Gasteiger partial charge in [0.2, 0.25) is 0 Å². The van der Waals surface area contributed by atoms with Gasteiger partial charge >= 0.3 is 6.09 Å². The lowest BCUT2D eigenvalue weighted by molar-refractivity contribution is -0.118. The van der Waals surface area contributed by atoms with Crippen LogP contribution in [0.1, 0.15) is 48.2 Å². The molecule has 1 aromatic heterocycles. The molecule has 0 aliphatic heterocycles. The first-order valence-electron chi connectivity index (χ1n) is 10.8. The molecule has 0 saturated heterocycles. The normalized spacial score (nSPS) is 17.3. The van der Waals surface area contributed by atoms with E-state index < -0.39 is 18.6 Å². The van der Waals surface area contributed by atoms with Crippen molar-refractivity contribution in [3.63, 3.8) is 0 Å². The number of H-pyrrole nitrogens is 1. The van der Waals surface area contributed by atoms with Crippen LogP contribution in [0.4, 0.5) is 10.6 Å². The summed E-state index contributed by atoms with van der Waals surface area (Å²) in [5.74, 6) is -0.0672. The summed E-state index contributed by atoms with van der Waals surface area (Å²) in [6.07, 6.45) is 1.95. The van der Waals surface area contributed by atoms with E-state index in [1.54, 1.807) is 18.1 Å². The monoisotopic (exact) mass is 475 g/mol. The molecule has 2 atom stereocenters. The number of nitrogens with zero attached hydrogens (tertiary/aromatic N) is 2. The number of methoxy groups -OCH3 is 1. The summed E-state index contributed by atoms with van der Waals surface area (Å²) in [4.78, 5) is 35.4. The van der Waals surface area contributed by atoms with Crippen LogP contribution in [0.25, 0.3) is 0 Å². The van der Waals surface area contributed by atoms with Crippen LogP contribution in [0.3, 0.4) is 0 Å². The van der Waals surface area contributed by atoms with E-state index in [9.17, 15) is 19.5 Å². The van der Waals surface area contributed by atoms with Crippen molar-refractivity contribution in [2.75, 3.05) is 32.6 Å². The number of aldehydes is 1. The Balaban J connectivity index is 1.51. The van der Waals surface area contributed by atoms with Gasteiger partial charge in [-0.15, -0.1) is 0 Å². The molecule has 1 fully saturated rings. The molecule has 3 rings (SSSR count). The molecule has 2 aromatic rings. The van der Waals surface area contributed by atoms with Gasteiger partial charge in [-0.05, 0) is 19.3 Å². The van der Waals surface area contributed by atoms with E-state index in [1.165, 1.54) is 19.2 Å². The van der Waals surface area contributed by atoms with E-state index >= 15 is 0 Å². The number of benzene rings is 1. The Hall–Kier alpha value is -3.80. The maximum atomic E-state index is 12.3. The largest absolute Gasteiger partial charge is 0.507 e. The van der Waals surface area contributed by atoms with Gasteiger partial charge in [-0.2, -0.15) is 5.10 Å². The highest BCUT2D eigenvalue weighted by atomic mass is 16.6. The molecule has 1 aromatic carbocycles. The van der Waals surface area contributed by atoms with Gasteiger partial charge in [0.25, 0.3) is 5.91 Å². The number of phenolic OH excluding ortho intramolecular Hbond substituents is 1. The lowest BCUT2D eigenvalue weighted by Crippen LogP contribution is -2.40. The average Bonchev–Trinajstić information content (AvgIpc) is 3.46. The highest BCUT2D eigenvalue weighted by Crippen LogP contribution is 2.36. The molecule has 12 nitrogen and oxygen atoms in total. The smallest absolute Gasteiger partial charge is 0.422 e. The second kappa shape index (κ2) is 11.4. The fraction of sp³-hybridized carbons (Fsp3) is 0.455. The van der Waals surface area contributed by atoms with E-state index in [1.807, 2.05) is 6.92 Å². The summed E-state index contributed by atoms with van der Waals surface area (Å²) in [7, 11) is 3.16. The maximum absolute atomic E-state index is 12.3. The second-order valence-electron chi connectivity index (χ2n) is 7.88. The number of hydrogen-bond donors (Lipinski definition) is 4. The van der Waals surface area contributed by atoms with Gasteiger partial charge in [0.05, 0.1) is 12.7 Å². The highest BCUT2D eigenvalue weighted by Gasteiger charge is 2.30. The maximum Gasteiger partial charge on any atom is 0.422 e. The molecular formula is C22H29N5O7. The molecule has 0 radical (unpaired) electrons. The van der Waals surface area contributed by atoms with Crippen molar-refractivity contribution >= 4 is 24.1 Å². The van der Waals surface area contributed by atoms with E-state index in [2.05, 4.69) is 20.9 Å². The lowest BCUT2D eigenvalue weighted by atomic mass is 10.0. The minimum absolute atomic E-state index is 0.0240. The number of anilines is 1. The Morgan fingerprint density at radius 2 is 2.12 bits per heavy atom. The predicted octanol–water partition coefficient (Wildman–Crippen LogP) is 2.18. The van der Waals surface area contributed by atoms with E-state index in [-0.39, 0.29) is 34.8 Å². The Labute approximate surface area is 196 Å². The third-order valence-corrected chi connectivity index (χ3v) is 5.53. The molecule has 2 amide bonds. The molecule has 0 unspecified atom stereocenters. The Morgan fingerprint density at radius 3 is 2.82 bits per heavy atom. The second-order valence-corrected chi connectivity index (χ2v) is 7.88. The third-order valence-electron chi connectivity index (χ3n) is 5.53. The molecule has 0 bridgehead atoms. The summed E-state index contributed by atoms with van der Waals surface area (Å²) in [6, 6.07) is 4.41. The van der Waals surface area contributed by atoms with Crippen molar-refractivity contribution in [2.24, 2.45) is 0 Å². The molecule has 1 heterocycles. The lowest BCUT2D eigenvalue weighted by Gasteiger charge is -2.18. The zero-order chi connectivity index (χ0) is 24.7. The number of rotatable bonds is 10. The average molecular weight is 476 g/mol. The van der Waals surface area contributed by atoms with Crippen molar-refractivity contribution in [1.82, 2.24) is 20.6 Å². The minimum Gasteiger partial charge on any atom is -0.507 e. The summed E-state index contributed by atoms with van der Waals surface area (Å²) in [5, 5.41) is 21.2. The van der Waals surface area contributed by atoms with Gasteiger partial charge in [-0.25, -0.2) is 9.80 Å². The number of aromatic hydroxyl groups is 1. The van der Waals surface area contributed by atoms with Crippen LogP contribution < -0.4 is 20.2 Å². The zero-order valence-corrected chi connectivity index (χ0v) is 19.3. The van der Waals surface area contributed by atoms with Gasteiger partial charge in [-0.3, -0.25) is 20.1 Å². The van der Waals surface area contributed by atoms with Crippen LogP contribution in [0, 0.1) is 0 Å². The Morgan fingerprint density at radius 1 is 1.32 bits per heavy atom. The molecule has 184 valence electrons. The number of carbonyl (C=O) groups excluding carboxylic acids is 3. The molecule has 12 heteroatoms. The number of hydrazine groups is 1. The number of amides is 2. The first-order chi connectivity index (χ1) is 16.3. The first kappa shape index (κ1) is 24.8. The van der Waals surface area contributed by atoms with Crippen LogP contribution in [0.5, 0.6) is 17.2 Å². The Bertz CT molecular complexity index is 1030. The molecule has 0 spiro atoms. The summed E-state index contributed by atoms with van der Waals surface area (Å²) in [5.41, 5.74) is 3.38.